The zero-order chi connectivity index (χ0) is 22.1. The molecule has 31 heavy (non-hydrogen) atoms. The minimum atomic E-state index is -0.289. The molecule has 0 unspecified atom stereocenters. The SMILES string of the molecule is COc1ccc(-n2ccn3c(SCC(=O)c4cc(C)c(C)cc4C)nnc3c2=O)cc1. The molecule has 2 aromatic carbocycles. The van der Waals surface area contributed by atoms with Gasteiger partial charge in [0, 0.05) is 23.6 Å². The van der Waals surface area contributed by atoms with Gasteiger partial charge in [0.15, 0.2) is 10.9 Å². The molecule has 0 radical (unpaired) electrons. The molecule has 0 aliphatic heterocycles. The Kier molecular flexibility index (Phi) is 5.65. The Morgan fingerprint density at radius 3 is 2.42 bits per heavy atom. The second-order valence-electron chi connectivity index (χ2n) is 7.31. The predicted octanol–water partition coefficient (Wildman–Crippen LogP) is 3.79. The lowest BCUT2D eigenvalue weighted by Crippen LogP contribution is -2.20. The lowest BCUT2D eigenvalue weighted by molar-refractivity contribution is 0.102. The van der Waals surface area contributed by atoms with Gasteiger partial charge in [0.05, 0.1) is 12.9 Å². The van der Waals surface area contributed by atoms with Crippen LogP contribution in [-0.4, -0.2) is 37.8 Å². The number of carbonyl (C=O) groups is 1. The van der Waals surface area contributed by atoms with Crippen molar-refractivity contribution >= 4 is 23.2 Å². The van der Waals surface area contributed by atoms with Crippen LogP contribution in [0.3, 0.4) is 0 Å². The summed E-state index contributed by atoms with van der Waals surface area (Å²) in [5.41, 5.74) is 4.54. The Morgan fingerprint density at radius 1 is 1.00 bits per heavy atom. The molecule has 2 heterocycles. The molecule has 0 spiro atoms. The zero-order valence-electron chi connectivity index (χ0n) is 17.7. The van der Waals surface area contributed by atoms with Crippen LogP contribution in [0.2, 0.25) is 0 Å². The van der Waals surface area contributed by atoms with Crippen molar-refractivity contribution in [3.63, 3.8) is 0 Å². The number of methoxy groups -OCH3 is 1. The number of ether oxygens (including phenoxy) is 1. The number of carbonyl (C=O) groups excluding carboxylic acids is 1. The Morgan fingerprint density at radius 2 is 1.71 bits per heavy atom. The first-order valence-electron chi connectivity index (χ1n) is 9.73. The van der Waals surface area contributed by atoms with Crippen LogP contribution in [0.4, 0.5) is 0 Å². The van der Waals surface area contributed by atoms with Gasteiger partial charge in [-0.1, -0.05) is 17.8 Å². The van der Waals surface area contributed by atoms with Crippen molar-refractivity contribution in [3.05, 3.63) is 81.4 Å². The van der Waals surface area contributed by atoms with E-state index in [0.29, 0.717) is 22.2 Å². The summed E-state index contributed by atoms with van der Waals surface area (Å²) in [5, 5.41) is 8.69. The largest absolute Gasteiger partial charge is 0.497 e. The molecule has 4 rings (SSSR count). The van der Waals surface area contributed by atoms with E-state index in [-0.39, 0.29) is 22.7 Å². The molecule has 158 valence electrons. The first-order chi connectivity index (χ1) is 14.9. The van der Waals surface area contributed by atoms with Crippen LogP contribution in [0.5, 0.6) is 5.75 Å². The predicted molar refractivity (Wildman–Crippen MR) is 121 cm³/mol. The van der Waals surface area contributed by atoms with Gasteiger partial charge in [0.1, 0.15) is 5.75 Å². The summed E-state index contributed by atoms with van der Waals surface area (Å²) in [6.45, 7) is 5.98. The average Bonchev–Trinajstić information content (AvgIpc) is 3.19. The minimum absolute atomic E-state index is 0.0222. The molecule has 0 amide bonds. The topological polar surface area (TPSA) is 78.5 Å². The molecular weight excluding hydrogens is 412 g/mol. The van der Waals surface area contributed by atoms with Gasteiger partial charge in [-0.05, 0) is 67.8 Å². The quantitative estimate of drug-likeness (QED) is 0.339. The van der Waals surface area contributed by atoms with Gasteiger partial charge in [0.25, 0.3) is 0 Å². The Hall–Kier alpha value is -3.39. The fourth-order valence-corrected chi connectivity index (χ4v) is 4.18. The molecule has 0 saturated carbocycles. The van der Waals surface area contributed by atoms with Gasteiger partial charge >= 0.3 is 5.56 Å². The third-order valence-corrected chi connectivity index (χ3v) is 6.21. The molecule has 2 aromatic heterocycles. The maximum absolute atomic E-state index is 12.9. The van der Waals surface area contributed by atoms with Gasteiger partial charge in [-0.25, -0.2) is 0 Å². The number of aryl methyl sites for hydroxylation is 3. The highest BCUT2D eigenvalue weighted by Crippen LogP contribution is 2.21. The highest BCUT2D eigenvalue weighted by atomic mass is 32.2. The Labute approximate surface area is 183 Å². The van der Waals surface area contributed by atoms with E-state index in [0.717, 1.165) is 11.1 Å². The maximum Gasteiger partial charge on any atom is 0.300 e. The summed E-state index contributed by atoms with van der Waals surface area (Å²) >= 11 is 1.27. The van der Waals surface area contributed by atoms with E-state index in [2.05, 4.69) is 10.2 Å². The van der Waals surface area contributed by atoms with Crippen LogP contribution in [0.25, 0.3) is 11.3 Å². The van der Waals surface area contributed by atoms with E-state index in [9.17, 15) is 9.59 Å². The molecule has 8 heteroatoms. The molecule has 0 saturated heterocycles. The molecule has 0 aliphatic rings. The fraction of sp³-hybridized carbons (Fsp3) is 0.217. The molecule has 0 N–H and O–H groups in total. The lowest BCUT2D eigenvalue weighted by atomic mass is 9.99. The Balaban J connectivity index is 1.58. The highest BCUT2D eigenvalue weighted by Gasteiger charge is 2.16. The summed E-state index contributed by atoms with van der Waals surface area (Å²) in [5.74, 6) is 0.947. The van der Waals surface area contributed by atoms with Crippen LogP contribution in [0, 0.1) is 20.8 Å². The molecule has 0 bridgehead atoms. The van der Waals surface area contributed by atoms with E-state index < -0.39 is 0 Å². The van der Waals surface area contributed by atoms with Crippen molar-refractivity contribution in [2.75, 3.05) is 12.9 Å². The summed E-state index contributed by atoms with van der Waals surface area (Å²) in [6, 6.07) is 11.1. The molecule has 0 fully saturated rings. The zero-order valence-corrected chi connectivity index (χ0v) is 18.6. The maximum atomic E-state index is 12.9. The number of thioether (sulfide) groups is 1. The van der Waals surface area contributed by atoms with Crippen molar-refractivity contribution in [3.8, 4) is 11.4 Å². The number of rotatable bonds is 6. The molecule has 0 aliphatic carbocycles. The van der Waals surface area contributed by atoms with Gasteiger partial charge in [-0.2, -0.15) is 0 Å². The minimum Gasteiger partial charge on any atom is -0.497 e. The monoisotopic (exact) mass is 434 g/mol. The van der Waals surface area contributed by atoms with Crippen LogP contribution < -0.4 is 10.3 Å². The summed E-state index contributed by atoms with van der Waals surface area (Å²) in [4.78, 5) is 25.7. The van der Waals surface area contributed by atoms with Crippen LogP contribution in [-0.2, 0) is 0 Å². The van der Waals surface area contributed by atoms with E-state index in [1.54, 1.807) is 48.2 Å². The summed E-state index contributed by atoms with van der Waals surface area (Å²) < 4.78 is 8.28. The fourth-order valence-electron chi connectivity index (χ4n) is 3.38. The van der Waals surface area contributed by atoms with Crippen molar-refractivity contribution in [1.29, 1.82) is 0 Å². The van der Waals surface area contributed by atoms with Gasteiger partial charge < -0.3 is 4.74 Å². The third kappa shape index (κ3) is 3.98. The van der Waals surface area contributed by atoms with Crippen LogP contribution >= 0.6 is 11.8 Å². The normalized spacial score (nSPS) is 11.1. The summed E-state index contributed by atoms with van der Waals surface area (Å²) in [7, 11) is 1.59. The van der Waals surface area contributed by atoms with E-state index >= 15 is 0 Å². The summed E-state index contributed by atoms with van der Waals surface area (Å²) in [6.07, 6.45) is 3.40. The van der Waals surface area contributed by atoms with Crippen molar-refractivity contribution in [1.82, 2.24) is 19.2 Å². The van der Waals surface area contributed by atoms with Crippen molar-refractivity contribution < 1.29 is 9.53 Å². The molecular formula is C23H22N4O3S. The smallest absolute Gasteiger partial charge is 0.300 e. The van der Waals surface area contributed by atoms with Crippen LogP contribution in [0.1, 0.15) is 27.0 Å². The molecule has 4 aromatic rings. The first kappa shape index (κ1) is 20.9. The highest BCUT2D eigenvalue weighted by molar-refractivity contribution is 7.99. The van der Waals surface area contributed by atoms with Crippen LogP contribution in [0.15, 0.2) is 58.7 Å². The average molecular weight is 435 g/mol. The van der Waals surface area contributed by atoms with E-state index in [1.807, 2.05) is 32.9 Å². The number of aromatic nitrogens is 4. The van der Waals surface area contributed by atoms with E-state index in [1.165, 1.54) is 21.9 Å². The number of ketones is 1. The third-order valence-electron chi connectivity index (χ3n) is 5.26. The lowest BCUT2D eigenvalue weighted by Gasteiger charge is -2.09. The standard InChI is InChI=1S/C23H22N4O3S/c1-14-11-16(3)19(12-15(14)2)20(28)13-31-23-25-24-21-22(29)26(9-10-27(21)23)17-5-7-18(30-4)8-6-17/h5-12H,13H2,1-4H3. The number of Topliss-reactive ketones (excluding diaryl/α,β-unsaturated/α-hetero) is 1. The first-order valence-corrected chi connectivity index (χ1v) is 10.7. The Bertz CT molecular complexity index is 1340. The molecule has 7 nitrogen and oxygen atoms in total. The number of benzene rings is 2. The second-order valence-corrected chi connectivity index (χ2v) is 8.25. The van der Waals surface area contributed by atoms with E-state index in [4.69, 9.17) is 4.74 Å². The van der Waals surface area contributed by atoms with Crippen molar-refractivity contribution in [2.24, 2.45) is 0 Å². The molecule has 0 atom stereocenters. The number of hydrogen-bond donors (Lipinski definition) is 0. The van der Waals surface area contributed by atoms with Crippen molar-refractivity contribution in [2.45, 2.75) is 25.9 Å². The van der Waals surface area contributed by atoms with Gasteiger partial charge in [0.2, 0.25) is 5.65 Å². The number of fused-ring (bicyclic) bond motifs is 1. The second kappa shape index (κ2) is 8.39. The number of hydrogen-bond acceptors (Lipinski definition) is 6. The van der Waals surface area contributed by atoms with Gasteiger partial charge in [-0.3, -0.25) is 18.6 Å². The van der Waals surface area contributed by atoms with Gasteiger partial charge in [-0.15, -0.1) is 10.2 Å². The number of nitrogens with zero attached hydrogens (tertiary/aromatic N) is 4.